The molecular weight excluding hydrogens is 196 g/mol. The fourth-order valence-corrected chi connectivity index (χ4v) is 1.78. The number of nitrogens with zero attached hydrogens (tertiary/aromatic N) is 1. The first kappa shape index (κ1) is 13.0. The number of aryl methyl sites for hydroxylation is 2. The zero-order valence-electron chi connectivity index (χ0n) is 11.0. The summed E-state index contributed by atoms with van der Waals surface area (Å²) in [6.07, 6.45) is 1.15. The van der Waals surface area contributed by atoms with Crippen molar-refractivity contribution in [3.63, 3.8) is 0 Å². The fraction of sp³-hybridized carbons (Fsp3) is 0.571. The second-order valence-corrected chi connectivity index (χ2v) is 4.84. The smallest absolute Gasteiger partial charge is 0.0395 e. The van der Waals surface area contributed by atoms with E-state index < -0.39 is 0 Å². The Morgan fingerprint density at radius 3 is 2.62 bits per heavy atom. The molecule has 0 spiro atoms. The number of rotatable bonds is 5. The van der Waals surface area contributed by atoms with Crippen LogP contribution in [0.15, 0.2) is 18.2 Å². The third-order valence-electron chi connectivity index (χ3n) is 3.14. The zero-order valence-corrected chi connectivity index (χ0v) is 11.0. The van der Waals surface area contributed by atoms with Gasteiger partial charge < -0.3 is 10.6 Å². The highest BCUT2D eigenvalue weighted by Crippen LogP contribution is 2.20. The second-order valence-electron chi connectivity index (χ2n) is 4.84. The van der Waals surface area contributed by atoms with E-state index in [1.165, 1.54) is 16.8 Å². The maximum atomic E-state index is 5.63. The Kier molecular flexibility index (Phi) is 4.81. The van der Waals surface area contributed by atoms with Gasteiger partial charge in [0.15, 0.2) is 0 Å². The Labute approximate surface area is 99.5 Å². The summed E-state index contributed by atoms with van der Waals surface area (Å²) >= 11 is 0. The van der Waals surface area contributed by atoms with Crippen LogP contribution in [0.1, 0.15) is 24.5 Å². The molecule has 2 N–H and O–H groups in total. The number of anilines is 1. The van der Waals surface area contributed by atoms with Crippen LogP contribution in [0.3, 0.4) is 0 Å². The summed E-state index contributed by atoms with van der Waals surface area (Å²) in [6, 6.07) is 6.60. The molecular formula is C14H24N2. The van der Waals surface area contributed by atoms with E-state index in [9.17, 15) is 0 Å². The SMILES string of the molecule is Cc1ccc(C)c(N(C)CCC(C)CN)c1. The van der Waals surface area contributed by atoms with Crippen molar-refractivity contribution < 1.29 is 0 Å². The summed E-state index contributed by atoms with van der Waals surface area (Å²) in [4.78, 5) is 2.33. The lowest BCUT2D eigenvalue weighted by molar-refractivity contribution is 0.545. The molecule has 0 aliphatic carbocycles. The summed E-state index contributed by atoms with van der Waals surface area (Å²) < 4.78 is 0. The number of hydrogen-bond donors (Lipinski definition) is 1. The van der Waals surface area contributed by atoms with Gasteiger partial charge in [-0.3, -0.25) is 0 Å². The van der Waals surface area contributed by atoms with Crippen molar-refractivity contribution in [2.24, 2.45) is 11.7 Å². The molecule has 0 amide bonds. The topological polar surface area (TPSA) is 29.3 Å². The van der Waals surface area contributed by atoms with Crippen molar-refractivity contribution in [1.29, 1.82) is 0 Å². The molecule has 90 valence electrons. The van der Waals surface area contributed by atoms with E-state index in [-0.39, 0.29) is 0 Å². The van der Waals surface area contributed by atoms with Crippen LogP contribution in [0.4, 0.5) is 5.69 Å². The predicted octanol–water partition coefficient (Wildman–Crippen LogP) is 2.72. The molecule has 0 fully saturated rings. The average Bonchev–Trinajstić information content (AvgIpc) is 2.28. The number of hydrogen-bond acceptors (Lipinski definition) is 2. The van der Waals surface area contributed by atoms with Crippen molar-refractivity contribution in [2.75, 3.05) is 25.0 Å². The molecule has 0 saturated heterocycles. The van der Waals surface area contributed by atoms with Gasteiger partial charge in [0, 0.05) is 19.3 Å². The molecule has 1 aromatic carbocycles. The van der Waals surface area contributed by atoms with Gasteiger partial charge in [0.25, 0.3) is 0 Å². The first-order valence-corrected chi connectivity index (χ1v) is 6.03. The Hall–Kier alpha value is -1.02. The van der Waals surface area contributed by atoms with E-state index in [0.717, 1.165) is 19.5 Å². The van der Waals surface area contributed by atoms with Crippen LogP contribution in [0.2, 0.25) is 0 Å². The average molecular weight is 220 g/mol. The third kappa shape index (κ3) is 3.53. The van der Waals surface area contributed by atoms with Gasteiger partial charge in [-0.25, -0.2) is 0 Å². The summed E-state index contributed by atoms with van der Waals surface area (Å²) in [6.45, 7) is 8.36. The van der Waals surface area contributed by atoms with E-state index in [0.29, 0.717) is 5.92 Å². The van der Waals surface area contributed by atoms with Gasteiger partial charge >= 0.3 is 0 Å². The monoisotopic (exact) mass is 220 g/mol. The molecule has 0 aliphatic heterocycles. The van der Waals surface area contributed by atoms with Gasteiger partial charge in [-0.15, -0.1) is 0 Å². The van der Waals surface area contributed by atoms with Gasteiger partial charge in [-0.1, -0.05) is 19.1 Å². The van der Waals surface area contributed by atoms with Crippen LogP contribution < -0.4 is 10.6 Å². The highest BCUT2D eigenvalue weighted by atomic mass is 15.1. The minimum atomic E-state index is 0.604. The normalized spacial score (nSPS) is 12.6. The zero-order chi connectivity index (χ0) is 12.1. The largest absolute Gasteiger partial charge is 0.374 e. The quantitative estimate of drug-likeness (QED) is 0.826. The van der Waals surface area contributed by atoms with Crippen LogP contribution in [-0.2, 0) is 0 Å². The molecule has 2 nitrogen and oxygen atoms in total. The molecule has 0 aromatic heterocycles. The van der Waals surface area contributed by atoms with Gasteiger partial charge in [0.05, 0.1) is 0 Å². The first-order valence-electron chi connectivity index (χ1n) is 6.03. The predicted molar refractivity (Wildman–Crippen MR) is 72.0 cm³/mol. The van der Waals surface area contributed by atoms with Crippen LogP contribution in [-0.4, -0.2) is 20.1 Å². The summed E-state index contributed by atoms with van der Waals surface area (Å²) in [5.41, 5.74) is 9.63. The molecule has 1 rings (SSSR count). The van der Waals surface area contributed by atoms with Crippen molar-refractivity contribution in [3.8, 4) is 0 Å². The van der Waals surface area contributed by atoms with Crippen LogP contribution in [0.5, 0.6) is 0 Å². The van der Waals surface area contributed by atoms with E-state index in [1.54, 1.807) is 0 Å². The Morgan fingerprint density at radius 2 is 2.00 bits per heavy atom. The van der Waals surface area contributed by atoms with Crippen molar-refractivity contribution >= 4 is 5.69 Å². The van der Waals surface area contributed by atoms with Gasteiger partial charge in [0.1, 0.15) is 0 Å². The molecule has 1 atom stereocenters. The van der Waals surface area contributed by atoms with Crippen molar-refractivity contribution in [1.82, 2.24) is 0 Å². The maximum absolute atomic E-state index is 5.63. The van der Waals surface area contributed by atoms with E-state index >= 15 is 0 Å². The minimum absolute atomic E-state index is 0.604. The second kappa shape index (κ2) is 5.90. The first-order chi connectivity index (χ1) is 7.54. The molecule has 0 saturated carbocycles. The van der Waals surface area contributed by atoms with Gasteiger partial charge in [-0.2, -0.15) is 0 Å². The van der Waals surface area contributed by atoms with Crippen molar-refractivity contribution in [3.05, 3.63) is 29.3 Å². The molecule has 0 aliphatic rings. The maximum Gasteiger partial charge on any atom is 0.0395 e. The lowest BCUT2D eigenvalue weighted by atomic mass is 10.1. The highest BCUT2D eigenvalue weighted by Gasteiger charge is 2.06. The molecule has 1 aromatic rings. The Balaban J connectivity index is 2.65. The number of nitrogens with two attached hydrogens (primary N) is 1. The lowest BCUT2D eigenvalue weighted by Gasteiger charge is -2.23. The van der Waals surface area contributed by atoms with E-state index in [2.05, 4.69) is 50.9 Å². The van der Waals surface area contributed by atoms with Crippen LogP contribution >= 0.6 is 0 Å². The lowest BCUT2D eigenvalue weighted by Crippen LogP contribution is -2.23. The van der Waals surface area contributed by atoms with Crippen LogP contribution in [0.25, 0.3) is 0 Å². The van der Waals surface area contributed by atoms with E-state index in [1.807, 2.05) is 0 Å². The number of benzene rings is 1. The van der Waals surface area contributed by atoms with Crippen molar-refractivity contribution in [2.45, 2.75) is 27.2 Å². The van der Waals surface area contributed by atoms with Gasteiger partial charge in [0.2, 0.25) is 0 Å². The Bertz CT molecular complexity index is 334. The fourth-order valence-electron chi connectivity index (χ4n) is 1.78. The molecule has 2 heteroatoms. The van der Waals surface area contributed by atoms with Crippen LogP contribution in [0, 0.1) is 19.8 Å². The minimum Gasteiger partial charge on any atom is -0.374 e. The summed E-state index contributed by atoms with van der Waals surface area (Å²) in [7, 11) is 2.16. The molecule has 0 bridgehead atoms. The summed E-state index contributed by atoms with van der Waals surface area (Å²) in [5.74, 6) is 0.604. The summed E-state index contributed by atoms with van der Waals surface area (Å²) in [5, 5.41) is 0. The highest BCUT2D eigenvalue weighted by molar-refractivity contribution is 5.54. The molecule has 0 heterocycles. The van der Waals surface area contributed by atoms with E-state index in [4.69, 9.17) is 5.73 Å². The molecule has 1 unspecified atom stereocenters. The third-order valence-corrected chi connectivity index (χ3v) is 3.14. The Morgan fingerprint density at radius 1 is 1.31 bits per heavy atom. The molecule has 16 heavy (non-hydrogen) atoms. The standard InChI is InChI=1S/C14H24N2/c1-11-5-6-13(3)14(9-11)16(4)8-7-12(2)10-15/h5-6,9,12H,7-8,10,15H2,1-4H3. The van der Waals surface area contributed by atoms with Gasteiger partial charge in [-0.05, 0) is 49.9 Å². The molecule has 0 radical (unpaired) electrons.